The molecular formula is C26H29N3O3S. The third-order valence-corrected chi connectivity index (χ3v) is 7.45. The summed E-state index contributed by atoms with van der Waals surface area (Å²) < 4.78 is 16.3. The van der Waals surface area contributed by atoms with Gasteiger partial charge in [-0.05, 0) is 67.7 Å². The lowest BCUT2D eigenvalue weighted by atomic mass is 9.89. The van der Waals surface area contributed by atoms with Crippen LogP contribution in [0.15, 0.2) is 48.0 Å². The third kappa shape index (κ3) is 4.43. The molecule has 1 aliphatic rings. The first kappa shape index (κ1) is 21.8. The first-order chi connectivity index (χ1) is 16.2. The van der Waals surface area contributed by atoms with Gasteiger partial charge in [0.2, 0.25) is 0 Å². The summed E-state index contributed by atoms with van der Waals surface area (Å²) in [6.07, 6.45) is 4.47. The van der Waals surface area contributed by atoms with Crippen LogP contribution in [0.3, 0.4) is 0 Å². The number of methoxy groups -OCH3 is 3. The minimum Gasteiger partial charge on any atom is -0.497 e. The van der Waals surface area contributed by atoms with Gasteiger partial charge in [0.15, 0.2) is 0 Å². The second-order valence-electron chi connectivity index (χ2n) is 8.42. The van der Waals surface area contributed by atoms with Crippen molar-refractivity contribution >= 4 is 22.2 Å². The third-order valence-electron chi connectivity index (χ3n) is 6.52. The maximum atomic E-state index is 5.56. The number of benzene rings is 2. The number of rotatable bonds is 7. The summed E-state index contributed by atoms with van der Waals surface area (Å²) in [5.74, 6) is 3.04. The maximum Gasteiger partial charge on any atom is 0.132 e. The average Bonchev–Trinajstić information content (AvgIpc) is 3.50. The molecule has 0 bridgehead atoms. The standard InChI is InChI=1S/C26H29N3O3S/c1-30-19-5-7-24-22(12-19)23(14-27-24)17-8-10-29(11-9-17)15-18-16-33-26(28-18)21-6-4-20(31-2)13-25(21)32-3/h4-7,12-14,16-17,27H,8-11,15H2,1-3H3. The van der Waals surface area contributed by atoms with Crippen LogP contribution in [0.1, 0.15) is 30.0 Å². The molecule has 0 saturated carbocycles. The van der Waals surface area contributed by atoms with Gasteiger partial charge in [-0.2, -0.15) is 0 Å². The molecule has 0 spiro atoms. The van der Waals surface area contributed by atoms with Crippen molar-refractivity contribution < 1.29 is 14.2 Å². The van der Waals surface area contributed by atoms with Crippen LogP contribution in [0.4, 0.5) is 0 Å². The SMILES string of the molecule is COc1ccc(-c2nc(CN3CCC(c4c[nH]c5ccc(OC)cc45)CC3)cs2)c(OC)c1. The van der Waals surface area contributed by atoms with E-state index in [2.05, 4.69) is 33.6 Å². The summed E-state index contributed by atoms with van der Waals surface area (Å²) in [6, 6.07) is 12.1. The van der Waals surface area contributed by atoms with Crippen LogP contribution in [-0.4, -0.2) is 49.3 Å². The Kier molecular flexibility index (Phi) is 6.24. The Bertz CT molecular complexity index is 1240. The number of hydrogen-bond donors (Lipinski definition) is 1. The molecule has 172 valence electrons. The van der Waals surface area contributed by atoms with Gasteiger partial charge in [0.25, 0.3) is 0 Å². The van der Waals surface area contributed by atoms with E-state index in [0.29, 0.717) is 5.92 Å². The molecule has 4 aromatic rings. The van der Waals surface area contributed by atoms with Gasteiger partial charge in [0, 0.05) is 35.1 Å². The molecule has 0 amide bonds. The van der Waals surface area contributed by atoms with E-state index in [-0.39, 0.29) is 0 Å². The molecule has 2 aromatic heterocycles. The molecule has 1 fully saturated rings. The number of aromatic amines is 1. The molecule has 1 aliphatic heterocycles. The average molecular weight is 464 g/mol. The lowest BCUT2D eigenvalue weighted by Gasteiger charge is -2.31. The summed E-state index contributed by atoms with van der Waals surface area (Å²) in [5.41, 5.74) is 4.70. The van der Waals surface area contributed by atoms with E-state index in [1.807, 2.05) is 24.3 Å². The molecule has 5 rings (SSSR count). The summed E-state index contributed by atoms with van der Waals surface area (Å²) in [7, 11) is 5.07. The minimum absolute atomic E-state index is 0.566. The number of ether oxygens (including phenoxy) is 3. The molecule has 1 N–H and O–H groups in total. The molecule has 0 unspecified atom stereocenters. The fraction of sp³-hybridized carbons (Fsp3) is 0.346. The van der Waals surface area contributed by atoms with E-state index in [4.69, 9.17) is 19.2 Å². The Morgan fingerprint density at radius 2 is 1.76 bits per heavy atom. The molecule has 0 radical (unpaired) electrons. The van der Waals surface area contributed by atoms with Crippen molar-refractivity contribution in [3.8, 4) is 27.8 Å². The van der Waals surface area contributed by atoms with Crippen molar-refractivity contribution in [2.24, 2.45) is 0 Å². The predicted octanol–water partition coefficient (Wildman–Crippen LogP) is 5.70. The van der Waals surface area contributed by atoms with E-state index in [1.54, 1.807) is 32.7 Å². The van der Waals surface area contributed by atoms with Crippen molar-refractivity contribution in [3.05, 3.63) is 59.2 Å². The van der Waals surface area contributed by atoms with Crippen molar-refractivity contribution in [1.29, 1.82) is 0 Å². The quantitative estimate of drug-likeness (QED) is 0.381. The Morgan fingerprint density at radius 1 is 1.00 bits per heavy atom. The van der Waals surface area contributed by atoms with Crippen molar-refractivity contribution in [1.82, 2.24) is 14.9 Å². The van der Waals surface area contributed by atoms with E-state index in [0.717, 1.165) is 66.0 Å². The second kappa shape index (κ2) is 9.45. The van der Waals surface area contributed by atoms with Crippen LogP contribution < -0.4 is 14.2 Å². The fourth-order valence-corrected chi connectivity index (χ4v) is 5.54. The molecular weight excluding hydrogens is 434 g/mol. The Morgan fingerprint density at radius 3 is 2.52 bits per heavy atom. The van der Waals surface area contributed by atoms with Gasteiger partial charge in [-0.3, -0.25) is 4.90 Å². The topological polar surface area (TPSA) is 59.6 Å². The van der Waals surface area contributed by atoms with E-state index >= 15 is 0 Å². The number of aromatic nitrogens is 2. The number of H-pyrrole nitrogens is 1. The highest BCUT2D eigenvalue weighted by Crippen LogP contribution is 2.37. The van der Waals surface area contributed by atoms with Crippen molar-refractivity contribution in [2.75, 3.05) is 34.4 Å². The highest BCUT2D eigenvalue weighted by Gasteiger charge is 2.24. The predicted molar refractivity (Wildman–Crippen MR) is 133 cm³/mol. The zero-order chi connectivity index (χ0) is 22.8. The molecule has 2 aromatic carbocycles. The Balaban J connectivity index is 1.24. The zero-order valence-electron chi connectivity index (χ0n) is 19.3. The van der Waals surface area contributed by atoms with Crippen LogP contribution in [0.5, 0.6) is 17.2 Å². The van der Waals surface area contributed by atoms with Gasteiger partial charge < -0.3 is 19.2 Å². The van der Waals surface area contributed by atoms with Gasteiger partial charge in [-0.25, -0.2) is 4.98 Å². The van der Waals surface area contributed by atoms with Crippen LogP contribution in [0.25, 0.3) is 21.5 Å². The van der Waals surface area contributed by atoms with Gasteiger partial charge in [-0.1, -0.05) is 0 Å². The molecule has 0 atom stereocenters. The Hall–Kier alpha value is -3.03. The number of likely N-dealkylation sites (tertiary alicyclic amines) is 1. The van der Waals surface area contributed by atoms with Gasteiger partial charge >= 0.3 is 0 Å². The number of thiazole rings is 1. The smallest absolute Gasteiger partial charge is 0.132 e. The van der Waals surface area contributed by atoms with Gasteiger partial charge in [-0.15, -0.1) is 11.3 Å². The Labute approximate surface area is 198 Å². The lowest BCUT2D eigenvalue weighted by Crippen LogP contribution is -2.32. The van der Waals surface area contributed by atoms with Crippen LogP contribution in [0.2, 0.25) is 0 Å². The number of hydrogen-bond acceptors (Lipinski definition) is 6. The molecule has 0 aliphatic carbocycles. The molecule has 33 heavy (non-hydrogen) atoms. The number of piperidine rings is 1. The second-order valence-corrected chi connectivity index (χ2v) is 9.27. The van der Waals surface area contributed by atoms with Crippen LogP contribution in [-0.2, 0) is 6.54 Å². The van der Waals surface area contributed by atoms with Gasteiger partial charge in [0.1, 0.15) is 22.3 Å². The highest BCUT2D eigenvalue weighted by molar-refractivity contribution is 7.13. The van der Waals surface area contributed by atoms with Crippen molar-refractivity contribution in [3.63, 3.8) is 0 Å². The minimum atomic E-state index is 0.566. The van der Waals surface area contributed by atoms with Crippen molar-refractivity contribution in [2.45, 2.75) is 25.3 Å². The summed E-state index contributed by atoms with van der Waals surface area (Å²) in [5, 5.41) is 4.43. The highest BCUT2D eigenvalue weighted by atomic mass is 32.1. The molecule has 3 heterocycles. The number of nitrogens with one attached hydrogen (secondary N) is 1. The largest absolute Gasteiger partial charge is 0.497 e. The molecule has 6 nitrogen and oxygen atoms in total. The van der Waals surface area contributed by atoms with Crippen LogP contribution in [0, 0.1) is 0 Å². The van der Waals surface area contributed by atoms with E-state index in [1.165, 1.54) is 16.5 Å². The summed E-state index contributed by atoms with van der Waals surface area (Å²) >= 11 is 1.66. The molecule has 7 heteroatoms. The fourth-order valence-electron chi connectivity index (χ4n) is 4.70. The first-order valence-corrected chi connectivity index (χ1v) is 12.1. The zero-order valence-corrected chi connectivity index (χ0v) is 20.1. The van der Waals surface area contributed by atoms with Gasteiger partial charge in [0.05, 0.1) is 32.6 Å². The molecule has 1 saturated heterocycles. The summed E-state index contributed by atoms with van der Waals surface area (Å²) in [6.45, 7) is 3.02. The lowest BCUT2D eigenvalue weighted by molar-refractivity contribution is 0.203. The normalized spacial score (nSPS) is 15.1. The number of nitrogens with zero attached hydrogens (tertiary/aromatic N) is 2. The number of fused-ring (bicyclic) bond motifs is 1. The maximum absolute atomic E-state index is 5.56. The first-order valence-electron chi connectivity index (χ1n) is 11.2. The summed E-state index contributed by atoms with van der Waals surface area (Å²) in [4.78, 5) is 10.8. The van der Waals surface area contributed by atoms with E-state index in [9.17, 15) is 0 Å². The van der Waals surface area contributed by atoms with E-state index < -0.39 is 0 Å². The van der Waals surface area contributed by atoms with Crippen LogP contribution >= 0.6 is 11.3 Å². The monoisotopic (exact) mass is 463 g/mol.